The van der Waals surface area contributed by atoms with Gasteiger partial charge in [0, 0.05) is 23.5 Å². The van der Waals surface area contributed by atoms with Crippen LogP contribution < -0.4 is 5.73 Å². The lowest BCUT2D eigenvalue weighted by atomic mass is 9.85. The molecule has 2 aromatic rings. The predicted octanol–water partition coefficient (Wildman–Crippen LogP) is 3.48. The van der Waals surface area contributed by atoms with E-state index >= 15 is 0 Å². The van der Waals surface area contributed by atoms with E-state index in [1.165, 1.54) is 18.4 Å². The van der Waals surface area contributed by atoms with Crippen molar-refractivity contribution in [2.75, 3.05) is 6.54 Å². The summed E-state index contributed by atoms with van der Waals surface area (Å²) in [5.41, 5.74) is 8.33. The molecule has 0 amide bonds. The lowest BCUT2D eigenvalue weighted by Gasteiger charge is -2.27. The van der Waals surface area contributed by atoms with Gasteiger partial charge in [-0.05, 0) is 38.0 Å². The molecule has 2 N–H and O–H groups in total. The maximum Gasteiger partial charge on any atom is 0.117 e. The molecule has 1 aliphatic carbocycles. The Morgan fingerprint density at radius 3 is 2.74 bits per heavy atom. The van der Waals surface area contributed by atoms with Gasteiger partial charge >= 0.3 is 0 Å². The van der Waals surface area contributed by atoms with Crippen molar-refractivity contribution in [3.8, 4) is 0 Å². The Bertz CT molecular complexity index is 597. The maximum absolute atomic E-state index is 6.10. The highest BCUT2D eigenvalue weighted by Gasteiger charge is 2.38. The average Bonchev–Trinajstić information content (AvgIpc) is 3.02. The van der Waals surface area contributed by atoms with E-state index in [0.717, 1.165) is 35.8 Å². The van der Waals surface area contributed by atoms with Crippen molar-refractivity contribution >= 4 is 22.6 Å². The number of hydrogen-bond acceptors (Lipinski definition) is 2. The lowest BCUT2D eigenvalue weighted by Crippen LogP contribution is -2.35. The van der Waals surface area contributed by atoms with E-state index < -0.39 is 0 Å². The number of rotatable bonds is 3. The second-order valence-corrected chi connectivity index (χ2v) is 5.94. The molecule has 102 valence electrons. The van der Waals surface area contributed by atoms with Crippen LogP contribution in [0, 0.1) is 0 Å². The van der Waals surface area contributed by atoms with Crippen molar-refractivity contribution in [1.29, 1.82) is 0 Å². The number of aromatic nitrogens is 2. The first-order valence-corrected chi connectivity index (χ1v) is 7.44. The highest BCUT2D eigenvalue weighted by Crippen LogP contribution is 2.41. The Morgan fingerprint density at radius 2 is 2.11 bits per heavy atom. The van der Waals surface area contributed by atoms with Crippen LogP contribution in [0.15, 0.2) is 18.2 Å². The average molecular weight is 278 g/mol. The van der Waals surface area contributed by atoms with Crippen LogP contribution in [0.5, 0.6) is 0 Å². The van der Waals surface area contributed by atoms with Crippen LogP contribution in [-0.2, 0) is 12.0 Å². The van der Waals surface area contributed by atoms with Gasteiger partial charge in [0.2, 0.25) is 0 Å². The minimum atomic E-state index is 0.0709. The quantitative estimate of drug-likeness (QED) is 0.933. The molecular formula is C15H20ClN3. The monoisotopic (exact) mass is 277 g/mol. The molecule has 0 radical (unpaired) electrons. The first-order valence-electron chi connectivity index (χ1n) is 7.06. The molecule has 4 heteroatoms. The summed E-state index contributed by atoms with van der Waals surface area (Å²) in [6, 6.07) is 5.95. The molecule has 1 saturated carbocycles. The van der Waals surface area contributed by atoms with Crippen molar-refractivity contribution in [1.82, 2.24) is 9.55 Å². The first kappa shape index (κ1) is 12.9. The molecule has 0 atom stereocenters. The molecule has 0 unspecified atom stereocenters. The molecular weight excluding hydrogens is 258 g/mol. The Hall–Kier alpha value is -1.06. The van der Waals surface area contributed by atoms with Crippen LogP contribution in [-0.4, -0.2) is 16.1 Å². The summed E-state index contributed by atoms with van der Waals surface area (Å²) in [5, 5.41) is 0.744. The van der Waals surface area contributed by atoms with Crippen LogP contribution in [0.1, 0.15) is 38.4 Å². The summed E-state index contributed by atoms with van der Waals surface area (Å²) in [4.78, 5) is 4.87. The summed E-state index contributed by atoms with van der Waals surface area (Å²) in [6.45, 7) is 3.78. The number of aryl methyl sites for hydroxylation is 1. The molecule has 0 bridgehead atoms. The zero-order chi connectivity index (χ0) is 13.5. The number of nitrogens with zero attached hydrogens (tertiary/aromatic N) is 2. The molecule has 1 aliphatic rings. The number of halogens is 1. The normalized spacial score (nSPS) is 18.3. The molecule has 1 aromatic heterocycles. The summed E-state index contributed by atoms with van der Waals surface area (Å²) in [7, 11) is 0. The molecule has 0 spiro atoms. The topological polar surface area (TPSA) is 43.8 Å². The number of benzene rings is 1. The van der Waals surface area contributed by atoms with Gasteiger partial charge in [0.15, 0.2) is 0 Å². The van der Waals surface area contributed by atoms with E-state index in [2.05, 4.69) is 17.6 Å². The van der Waals surface area contributed by atoms with E-state index in [-0.39, 0.29) is 5.41 Å². The molecule has 3 rings (SSSR count). The van der Waals surface area contributed by atoms with Gasteiger partial charge in [0.05, 0.1) is 11.0 Å². The van der Waals surface area contributed by atoms with Crippen molar-refractivity contribution in [2.24, 2.45) is 5.73 Å². The fourth-order valence-corrected chi connectivity index (χ4v) is 3.57. The molecule has 1 fully saturated rings. The van der Waals surface area contributed by atoms with Crippen molar-refractivity contribution < 1.29 is 0 Å². The summed E-state index contributed by atoms with van der Waals surface area (Å²) in [6.07, 6.45) is 4.82. The van der Waals surface area contributed by atoms with Crippen LogP contribution in [0.4, 0.5) is 0 Å². The smallest absolute Gasteiger partial charge is 0.117 e. The summed E-state index contributed by atoms with van der Waals surface area (Å²) < 4.78 is 2.31. The second kappa shape index (κ2) is 4.80. The zero-order valence-corrected chi connectivity index (χ0v) is 12.1. The van der Waals surface area contributed by atoms with Crippen LogP contribution in [0.2, 0.25) is 5.02 Å². The van der Waals surface area contributed by atoms with Crippen molar-refractivity contribution in [3.05, 3.63) is 29.0 Å². The van der Waals surface area contributed by atoms with Crippen LogP contribution in [0.25, 0.3) is 11.0 Å². The predicted molar refractivity (Wildman–Crippen MR) is 79.6 cm³/mol. The fourth-order valence-electron chi connectivity index (χ4n) is 3.40. The Balaban J connectivity index is 2.22. The van der Waals surface area contributed by atoms with E-state index in [9.17, 15) is 0 Å². The van der Waals surface area contributed by atoms with Crippen LogP contribution >= 0.6 is 11.6 Å². The third kappa shape index (κ3) is 1.96. The lowest BCUT2D eigenvalue weighted by molar-refractivity contribution is 0.407. The molecule has 19 heavy (non-hydrogen) atoms. The van der Waals surface area contributed by atoms with Gasteiger partial charge in [-0.25, -0.2) is 4.98 Å². The third-order valence-corrected chi connectivity index (χ3v) is 4.69. The van der Waals surface area contributed by atoms with Gasteiger partial charge in [0.25, 0.3) is 0 Å². The first-order chi connectivity index (χ1) is 9.20. The van der Waals surface area contributed by atoms with Gasteiger partial charge < -0.3 is 10.3 Å². The highest BCUT2D eigenvalue weighted by atomic mass is 35.5. The number of hydrogen-bond donors (Lipinski definition) is 1. The Morgan fingerprint density at radius 1 is 1.37 bits per heavy atom. The van der Waals surface area contributed by atoms with E-state index in [1.54, 1.807) is 0 Å². The van der Waals surface area contributed by atoms with Gasteiger partial charge in [0.1, 0.15) is 5.82 Å². The summed E-state index contributed by atoms with van der Waals surface area (Å²) in [5.74, 6) is 1.16. The van der Waals surface area contributed by atoms with Gasteiger partial charge in [-0.15, -0.1) is 0 Å². The molecule has 1 heterocycles. The molecule has 3 nitrogen and oxygen atoms in total. The standard InChI is InChI=1S/C15H20ClN3/c1-2-19-13-6-5-11(16)9-12(13)18-14(19)15(10-17)7-3-4-8-15/h5-6,9H,2-4,7-8,10,17H2,1H3. The van der Waals surface area contributed by atoms with E-state index in [1.807, 2.05) is 12.1 Å². The SMILES string of the molecule is CCn1c(C2(CN)CCCC2)nc2cc(Cl)ccc21. The van der Waals surface area contributed by atoms with E-state index in [0.29, 0.717) is 6.54 Å². The molecule has 1 aromatic carbocycles. The Labute approximate surface area is 118 Å². The minimum Gasteiger partial charge on any atom is -0.329 e. The van der Waals surface area contributed by atoms with Gasteiger partial charge in [-0.2, -0.15) is 0 Å². The molecule has 0 aliphatic heterocycles. The molecule has 0 saturated heterocycles. The Kier molecular flexibility index (Phi) is 3.27. The number of fused-ring (bicyclic) bond motifs is 1. The largest absolute Gasteiger partial charge is 0.329 e. The van der Waals surface area contributed by atoms with Crippen molar-refractivity contribution in [3.63, 3.8) is 0 Å². The number of imidazole rings is 1. The minimum absolute atomic E-state index is 0.0709. The highest BCUT2D eigenvalue weighted by molar-refractivity contribution is 6.31. The number of nitrogens with two attached hydrogens (primary N) is 1. The van der Waals surface area contributed by atoms with Gasteiger partial charge in [-0.3, -0.25) is 0 Å². The van der Waals surface area contributed by atoms with E-state index in [4.69, 9.17) is 22.3 Å². The van der Waals surface area contributed by atoms with Crippen LogP contribution in [0.3, 0.4) is 0 Å². The fraction of sp³-hybridized carbons (Fsp3) is 0.533. The second-order valence-electron chi connectivity index (χ2n) is 5.50. The van der Waals surface area contributed by atoms with Gasteiger partial charge in [-0.1, -0.05) is 24.4 Å². The third-order valence-electron chi connectivity index (χ3n) is 4.45. The maximum atomic E-state index is 6.10. The summed E-state index contributed by atoms with van der Waals surface area (Å²) >= 11 is 6.08. The zero-order valence-electron chi connectivity index (χ0n) is 11.3. The van der Waals surface area contributed by atoms with Crippen molar-refractivity contribution in [2.45, 2.75) is 44.6 Å².